The first kappa shape index (κ1) is 13.3. The smallest absolute Gasteiger partial charge is 0.123 e. The first-order valence-corrected chi connectivity index (χ1v) is 6.51. The number of aromatic hydroxyl groups is 1. The average Bonchev–Trinajstić information content (AvgIpc) is 2.34. The van der Waals surface area contributed by atoms with Gasteiger partial charge in [-0.2, -0.15) is 0 Å². The fourth-order valence-electron chi connectivity index (χ4n) is 2.59. The van der Waals surface area contributed by atoms with Gasteiger partial charge in [-0.15, -0.1) is 0 Å². The summed E-state index contributed by atoms with van der Waals surface area (Å²) >= 11 is 0. The largest absolute Gasteiger partial charge is 0.508 e. The summed E-state index contributed by atoms with van der Waals surface area (Å²) in [5.41, 5.74) is 6.59. The van der Waals surface area contributed by atoms with Gasteiger partial charge in [-0.05, 0) is 50.4 Å². The van der Waals surface area contributed by atoms with Crippen LogP contribution in [0.15, 0.2) is 18.2 Å². The van der Waals surface area contributed by atoms with Crippen molar-refractivity contribution in [1.29, 1.82) is 0 Å². The van der Waals surface area contributed by atoms with Crippen LogP contribution in [0.3, 0.4) is 0 Å². The number of rotatable bonds is 3. The summed E-state index contributed by atoms with van der Waals surface area (Å²) in [6.45, 7) is 4.54. The third kappa shape index (κ3) is 3.21. The molecule has 1 heterocycles. The van der Waals surface area contributed by atoms with E-state index in [1.807, 2.05) is 6.92 Å². The molecule has 1 fully saturated rings. The van der Waals surface area contributed by atoms with Gasteiger partial charge in [0.2, 0.25) is 0 Å². The van der Waals surface area contributed by atoms with Gasteiger partial charge < -0.3 is 10.8 Å². The molecule has 100 valence electrons. The van der Waals surface area contributed by atoms with Crippen molar-refractivity contribution < 1.29 is 9.50 Å². The molecule has 0 amide bonds. The lowest BCUT2D eigenvalue weighted by molar-refractivity contribution is 0.153. The van der Waals surface area contributed by atoms with Crippen LogP contribution < -0.4 is 5.73 Å². The Labute approximate surface area is 107 Å². The SMILES string of the molecule is CC(N)C1CCCN(Cc2cc(F)ccc2O)C1. The molecule has 0 saturated carbocycles. The Balaban J connectivity index is 2.02. The van der Waals surface area contributed by atoms with E-state index in [2.05, 4.69) is 4.90 Å². The molecule has 0 radical (unpaired) electrons. The van der Waals surface area contributed by atoms with Gasteiger partial charge in [0.1, 0.15) is 11.6 Å². The number of halogens is 1. The van der Waals surface area contributed by atoms with E-state index in [1.165, 1.54) is 18.2 Å². The second-order valence-electron chi connectivity index (χ2n) is 5.27. The molecule has 0 aromatic heterocycles. The van der Waals surface area contributed by atoms with E-state index in [9.17, 15) is 9.50 Å². The maximum Gasteiger partial charge on any atom is 0.123 e. The van der Waals surface area contributed by atoms with Crippen molar-refractivity contribution in [3.63, 3.8) is 0 Å². The van der Waals surface area contributed by atoms with Crippen molar-refractivity contribution in [3.8, 4) is 5.75 Å². The van der Waals surface area contributed by atoms with Crippen molar-refractivity contribution in [2.45, 2.75) is 32.4 Å². The molecule has 0 bridgehead atoms. The lowest BCUT2D eigenvalue weighted by Gasteiger charge is -2.34. The van der Waals surface area contributed by atoms with Crippen molar-refractivity contribution >= 4 is 0 Å². The highest BCUT2D eigenvalue weighted by atomic mass is 19.1. The highest BCUT2D eigenvalue weighted by molar-refractivity contribution is 5.32. The van der Waals surface area contributed by atoms with Crippen molar-refractivity contribution in [1.82, 2.24) is 4.90 Å². The summed E-state index contributed by atoms with van der Waals surface area (Å²) in [4.78, 5) is 2.24. The molecular formula is C14H21FN2O. The van der Waals surface area contributed by atoms with E-state index >= 15 is 0 Å². The Morgan fingerprint density at radius 2 is 2.33 bits per heavy atom. The van der Waals surface area contributed by atoms with E-state index in [-0.39, 0.29) is 17.6 Å². The average molecular weight is 252 g/mol. The first-order chi connectivity index (χ1) is 8.56. The van der Waals surface area contributed by atoms with E-state index in [1.54, 1.807) is 0 Å². The van der Waals surface area contributed by atoms with Gasteiger partial charge in [0.05, 0.1) is 0 Å². The quantitative estimate of drug-likeness (QED) is 0.866. The van der Waals surface area contributed by atoms with Crippen molar-refractivity contribution in [2.24, 2.45) is 11.7 Å². The summed E-state index contributed by atoms with van der Waals surface area (Å²) < 4.78 is 13.2. The van der Waals surface area contributed by atoms with Gasteiger partial charge >= 0.3 is 0 Å². The fraction of sp³-hybridized carbons (Fsp3) is 0.571. The van der Waals surface area contributed by atoms with Crippen LogP contribution in [0, 0.1) is 11.7 Å². The molecule has 4 heteroatoms. The number of nitrogens with two attached hydrogens (primary N) is 1. The summed E-state index contributed by atoms with van der Waals surface area (Å²) in [5.74, 6) is 0.359. The van der Waals surface area contributed by atoms with Gasteiger partial charge in [-0.3, -0.25) is 4.90 Å². The predicted octanol–water partition coefficient (Wildman–Crippen LogP) is 2.09. The molecule has 1 saturated heterocycles. The lowest BCUT2D eigenvalue weighted by atomic mass is 9.92. The number of hydrogen-bond donors (Lipinski definition) is 2. The number of likely N-dealkylation sites (tertiary alicyclic amines) is 1. The van der Waals surface area contributed by atoms with Crippen LogP contribution >= 0.6 is 0 Å². The minimum absolute atomic E-state index is 0.166. The Kier molecular flexibility index (Phi) is 4.19. The van der Waals surface area contributed by atoms with E-state index in [0.29, 0.717) is 18.0 Å². The van der Waals surface area contributed by atoms with Gasteiger partial charge in [-0.25, -0.2) is 4.39 Å². The highest BCUT2D eigenvalue weighted by Gasteiger charge is 2.23. The number of phenols is 1. The molecule has 1 aliphatic heterocycles. The number of piperidine rings is 1. The summed E-state index contributed by atoms with van der Waals surface area (Å²) in [7, 11) is 0. The van der Waals surface area contributed by atoms with Crippen LogP contribution in [0.1, 0.15) is 25.3 Å². The molecule has 1 aliphatic rings. The Bertz CT molecular complexity index is 409. The molecule has 1 aromatic rings. The van der Waals surface area contributed by atoms with Crippen LogP contribution in [0.25, 0.3) is 0 Å². The van der Waals surface area contributed by atoms with Gasteiger partial charge in [0.25, 0.3) is 0 Å². The molecule has 2 unspecified atom stereocenters. The fourth-order valence-corrected chi connectivity index (χ4v) is 2.59. The molecule has 0 aliphatic carbocycles. The topological polar surface area (TPSA) is 49.5 Å². The second kappa shape index (κ2) is 5.67. The zero-order chi connectivity index (χ0) is 13.1. The van der Waals surface area contributed by atoms with Crippen LogP contribution in [-0.2, 0) is 6.54 Å². The number of nitrogens with zero attached hydrogens (tertiary/aromatic N) is 1. The van der Waals surface area contributed by atoms with Crippen LogP contribution in [-0.4, -0.2) is 29.1 Å². The third-order valence-corrected chi connectivity index (χ3v) is 3.72. The standard InChI is InChI=1S/C14H21FN2O/c1-10(16)11-3-2-6-17(8-11)9-12-7-13(15)4-5-14(12)18/h4-5,7,10-11,18H,2-3,6,8-9,16H2,1H3. The van der Waals surface area contributed by atoms with E-state index < -0.39 is 0 Å². The third-order valence-electron chi connectivity index (χ3n) is 3.72. The van der Waals surface area contributed by atoms with Gasteiger partial charge in [0.15, 0.2) is 0 Å². The number of benzene rings is 1. The normalized spacial score (nSPS) is 22.9. The number of hydrogen-bond acceptors (Lipinski definition) is 3. The minimum Gasteiger partial charge on any atom is -0.508 e. The van der Waals surface area contributed by atoms with Crippen LogP contribution in [0.4, 0.5) is 4.39 Å². The Morgan fingerprint density at radius 1 is 1.56 bits per heavy atom. The van der Waals surface area contributed by atoms with Gasteiger partial charge in [-0.1, -0.05) is 0 Å². The zero-order valence-electron chi connectivity index (χ0n) is 10.8. The Hall–Kier alpha value is -1.13. The summed E-state index contributed by atoms with van der Waals surface area (Å²) in [6, 6.07) is 4.29. The van der Waals surface area contributed by atoms with Crippen molar-refractivity contribution in [3.05, 3.63) is 29.6 Å². The molecule has 0 spiro atoms. The highest BCUT2D eigenvalue weighted by Crippen LogP contribution is 2.24. The second-order valence-corrected chi connectivity index (χ2v) is 5.27. The first-order valence-electron chi connectivity index (χ1n) is 6.51. The van der Waals surface area contributed by atoms with E-state index in [4.69, 9.17) is 5.73 Å². The lowest BCUT2D eigenvalue weighted by Crippen LogP contribution is -2.41. The summed E-state index contributed by atoms with van der Waals surface area (Å²) in [6.07, 6.45) is 2.27. The molecule has 3 N–H and O–H groups in total. The zero-order valence-corrected chi connectivity index (χ0v) is 10.8. The molecule has 1 aromatic carbocycles. The Morgan fingerprint density at radius 3 is 3.06 bits per heavy atom. The monoisotopic (exact) mass is 252 g/mol. The molecule has 18 heavy (non-hydrogen) atoms. The molecular weight excluding hydrogens is 231 g/mol. The van der Waals surface area contributed by atoms with Crippen molar-refractivity contribution in [2.75, 3.05) is 13.1 Å². The maximum absolute atomic E-state index is 13.2. The van der Waals surface area contributed by atoms with Crippen LogP contribution in [0.2, 0.25) is 0 Å². The minimum atomic E-state index is -0.302. The predicted molar refractivity (Wildman–Crippen MR) is 69.7 cm³/mol. The molecule has 2 rings (SSSR count). The molecule has 3 nitrogen and oxygen atoms in total. The molecule has 2 atom stereocenters. The van der Waals surface area contributed by atoms with Crippen LogP contribution in [0.5, 0.6) is 5.75 Å². The van der Waals surface area contributed by atoms with Gasteiger partial charge in [0, 0.05) is 24.7 Å². The van der Waals surface area contributed by atoms with E-state index in [0.717, 1.165) is 25.9 Å². The number of phenolic OH excluding ortho intramolecular Hbond substituents is 1. The summed E-state index contributed by atoms with van der Waals surface area (Å²) in [5, 5.41) is 9.72. The maximum atomic E-state index is 13.2.